The number of aromatic nitrogens is 1. The van der Waals surface area contributed by atoms with Gasteiger partial charge >= 0.3 is 5.97 Å². The molecule has 1 unspecified atom stereocenters. The average molecular weight is 165 g/mol. The number of rotatable bonds is 3. The van der Waals surface area contributed by atoms with Crippen LogP contribution in [0.1, 0.15) is 24.8 Å². The van der Waals surface area contributed by atoms with Crippen molar-refractivity contribution in [2.75, 3.05) is 0 Å². The fourth-order valence-electron chi connectivity index (χ4n) is 1.05. The number of pyridine rings is 1. The van der Waals surface area contributed by atoms with E-state index in [-0.39, 0.29) is 12.3 Å². The quantitative estimate of drug-likeness (QED) is 0.741. The normalized spacial score (nSPS) is 12.4. The monoisotopic (exact) mass is 165 g/mol. The Balaban J connectivity index is 2.65. The van der Waals surface area contributed by atoms with E-state index < -0.39 is 5.97 Å². The largest absolute Gasteiger partial charge is 0.481 e. The number of carboxylic acid groups (broad SMARTS) is 1. The van der Waals surface area contributed by atoms with Crippen LogP contribution in [0.4, 0.5) is 0 Å². The lowest BCUT2D eigenvalue weighted by molar-refractivity contribution is -0.137. The second-order valence-corrected chi connectivity index (χ2v) is 2.79. The van der Waals surface area contributed by atoms with Crippen LogP contribution in [0, 0.1) is 0 Å². The third-order valence-corrected chi connectivity index (χ3v) is 1.73. The van der Waals surface area contributed by atoms with Crippen LogP contribution in [0.5, 0.6) is 0 Å². The van der Waals surface area contributed by atoms with Gasteiger partial charge in [0.1, 0.15) is 0 Å². The minimum absolute atomic E-state index is 0.0381. The highest BCUT2D eigenvalue weighted by atomic mass is 16.4. The first-order chi connectivity index (χ1) is 5.70. The summed E-state index contributed by atoms with van der Waals surface area (Å²) >= 11 is 0. The Labute approximate surface area is 71.1 Å². The molecular weight excluding hydrogens is 154 g/mol. The Kier molecular flexibility index (Phi) is 2.80. The van der Waals surface area contributed by atoms with Crippen molar-refractivity contribution in [3.63, 3.8) is 0 Å². The summed E-state index contributed by atoms with van der Waals surface area (Å²) in [6.07, 6.45) is 3.54. The Bertz CT molecular complexity index is 258. The zero-order chi connectivity index (χ0) is 8.97. The van der Waals surface area contributed by atoms with Crippen LogP contribution in [0.25, 0.3) is 0 Å². The van der Waals surface area contributed by atoms with Gasteiger partial charge in [0.05, 0.1) is 6.42 Å². The van der Waals surface area contributed by atoms with E-state index in [9.17, 15) is 4.79 Å². The Morgan fingerprint density at radius 2 is 2.50 bits per heavy atom. The van der Waals surface area contributed by atoms with E-state index in [0.717, 1.165) is 5.56 Å². The third-order valence-electron chi connectivity index (χ3n) is 1.73. The summed E-state index contributed by atoms with van der Waals surface area (Å²) in [5, 5.41) is 8.52. The molecule has 0 saturated carbocycles. The van der Waals surface area contributed by atoms with E-state index in [4.69, 9.17) is 5.11 Å². The maximum absolute atomic E-state index is 10.4. The molecule has 0 aliphatic heterocycles. The van der Waals surface area contributed by atoms with Crippen LogP contribution in [-0.4, -0.2) is 16.1 Å². The predicted octanol–water partition coefficient (Wildman–Crippen LogP) is 1.66. The molecule has 3 nitrogen and oxygen atoms in total. The van der Waals surface area contributed by atoms with Gasteiger partial charge in [0, 0.05) is 12.4 Å². The minimum atomic E-state index is -0.772. The molecule has 1 aromatic heterocycles. The molecule has 1 atom stereocenters. The SMILES string of the molecule is CC(CC(=O)O)c1cccnc1. The molecule has 0 aliphatic rings. The number of nitrogens with zero attached hydrogens (tertiary/aromatic N) is 1. The minimum Gasteiger partial charge on any atom is -0.481 e. The highest BCUT2D eigenvalue weighted by molar-refractivity contribution is 5.67. The fourth-order valence-corrected chi connectivity index (χ4v) is 1.05. The van der Waals surface area contributed by atoms with E-state index in [0.29, 0.717) is 0 Å². The summed E-state index contributed by atoms with van der Waals surface area (Å²) in [4.78, 5) is 14.3. The van der Waals surface area contributed by atoms with E-state index in [2.05, 4.69) is 4.98 Å². The summed E-state index contributed by atoms with van der Waals surface area (Å²) in [5.41, 5.74) is 0.972. The number of hydrogen-bond acceptors (Lipinski definition) is 2. The second-order valence-electron chi connectivity index (χ2n) is 2.79. The van der Waals surface area contributed by atoms with Crippen LogP contribution < -0.4 is 0 Å². The van der Waals surface area contributed by atoms with Gasteiger partial charge in [-0.05, 0) is 17.5 Å². The number of carbonyl (C=O) groups is 1. The molecule has 0 fully saturated rings. The molecule has 1 heterocycles. The van der Waals surface area contributed by atoms with Crippen molar-refractivity contribution in [2.24, 2.45) is 0 Å². The Hall–Kier alpha value is -1.38. The summed E-state index contributed by atoms with van der Waals surface area (Å²) in [6, 6.07) is 3.70. The first kappa shape index (κ1) is 8.71. The molecule has 12 heavy (non-hydrogen) atoms. The van der Waals surface area contributed by atoms with E-state index in [1.807, 2.05) is 19.1 Å². The van der Waals surface area contributed by atoms with Gasteiger partial charge in [-0.15, -0.1) is 0 Å². The Morgan fingerprint density at radius 3 is 3.00 bits per heavy atom. The van der Waals surface area contributed by atoms with E-state index in [1.54, 1.807) is 12.4 Å². The number of carboxylic acids is 1. The summed E-state index contributed by atoms with van der Waals surface area (Å²) in [7, 11) is 0. The first-order valence-electron chi connectivity index (χ1n) is 3.82. The van der Waals surface area contributed by atoms with Crippen LogP contribution in [0.2, 0.25) is 0 Å². The third kappa shape index (κ3) is 2.34. The van der Waals surface area contributed by atoms with E-state index in [1.165, 1.54) is 0 Å². The van der Waals surface area contributed by atoms with Crippen molar-refractivity contribution in [2.45, 2.75) is 19.3 Å². The predicted molar refractivity (Wildman–Crippen MR) is 44.9 cm³/mol. The summed E-state index contributed by atoms with van der Waals surface area (Å²) in [5.74, 6) is -0.734. The van der Waals surface area contributed by atoms with Crippen molar-refractivity contribution >= 4 is 5.97 Å². The van der Waals surface area contributed by atoms with Crippen LogP contribution in [0.3, 0.4) is 0 Å². The molecule has 0 aromatic carbocycles. The van der Waals surface area contributed by atoms with E-state index >= 15 is 0 Å². The molecule has 1 N–H and O–H groups in total. The van der Waals surface area contributed by atoms with Gasteiger partial charge in [-0.25, -0.2) is 0 Å². The molecule has 0 saturated heterocycles. The van der Waals surface area contributed by atoms with Crippen molar-refractivity contribution in [1.29, 1.82) is 0 Å². The maximum atomic E-state index is 10.4. The fraction of sp³-hybridized carbons (Fsp3) is 0.333. The van der Waals surface area contributed by atoms with Crippen molar-refractivity contribution < 1.29 is 9.90 Å². The van der Waals surface area contributed by atoms with Crippen LogP contribution in [-0.2, 0) is 4.79 Å². The lowest BCUT2D eigenvalue weighted by atomic mass is 10.0. The summed E-state index contributed by atoms with van der Waals surface area (Å²) in [6.45, 7) is 1.88. The molecule has 3 heteroatoms. The van der Waals surface area contributed by atoms with Crippen LogP contribution in [0.15, 0.2) is 24.5 Å². The maximum Gasteiger partial charge on any atom is 0.303 e. The lowest BCUT2D eigenvalue weighted by Gasteiger charge is -2.06. The molecule has 1 aromatic rings. The zero-order valence-corrected chi connectivity index (χ0v) is 6.90. The highest BCUT2D eigenvalue weighted by Crippen LogP contribution is 2.16. The Morgan fingerprint density at radius 1 is 1.75 bits per heavy atom. The van der Waals surface area contributed by atoms with Gasteiger partial charge in [-0.1, -0.05) is 13.0 Å². The number of aliphatic carboxylic acids is 1. The molecule has 0 spiro atoms. The van der Waals surface area contributed by atoms with Gasteiger partial charge < -0.3 is 5.11 Å². The molecular formula is C9H11NO2. The zero-order valence-electron chi connectivity index (χ0n) is 6.90. The standard InChI is InChI=1S/C9H11NO2/c1-7(5-9(11)12)8-3-2-4-10-6-8/h2-4,6-7H,5H2,1H3,(H,11,12). The molecule has 0 aliphatic carbocycles. The molecule has 1 rings (SSSR count). The smallest absolute Gasteiger partial charge is 0.303 e. The van der Waals surface area contributed by atoms with Crippen molar-refractivity contribution in [1.82, 2.24) is 4.98 Å². The van der Waals surface area contributed by atoms with Crippen molar-refractivity contribution in [3.8, 4) is 0 Å². The van der Waals surface area contributed by atoms with Gasteiger partial charge in [0.25, 0.3) is 0 Å². The molecule has 0 amide bonds. The second kappa shape index (κ2) is 3.85. The number of hydrogen-bond donors (Lipinski definition) is 1. The lowest BCUT2D eigenvalue weighted by Crippen LogP contribution is -2.02. The average Bonchev–Trinajstić information content (AvgIpc) is 2.05. The van der Waals surface area contributed by atoms with Crippen LogP contribution >= 0.6 is 0 Å². The van der Waals surface area contributed by atoms with Gasteiger partial charge in [-0.3, -0.25) is 9.78 Å². The molecule has 0 bridgehead atoms. The first-order valence-corrected chi connectivity index (χ1v) is 3.82. The van der Waals surface area contributed by atoms with Gasteiger partial charge in [-0.2, -0.15) is 0 Å². The molecule has 0 radical (unpaired) electrons. The topological polar surface area (TPSA) is 50.2 Å². The van der Waals surface area contributed by atoms with Gasteiger partial charge in [0.2, 0.25) is 0 Å². The molecule has 64 valence electrons. The summed E-state index contributed by atoms with van der Waals surface area (Å²) < 4.78 is 0. The van der Waals surface area contributed by atoms with Crippen molar-refractivity contribution in [3.05, 3.63) is 30.1 Å². The van der Waals surface area contributed by atoms with Gasteiger partial charge in [0.15, 0.2) is 0 Å². The highest BCUT2D eigenvalue weighted by Gasteiger charge is 2.08.